The maximum absolute atomic E-state index is 11.9. The van der Waals surface area contributed by atoms with Gasteiger partial charge in [-0.15, -0.1) is 10.2 Å². The monoisotopic (exact) mass is 292 g/mol. The largest absolute Gasteiger partial charge is 0.354 e. The fourth-order valence-electron chi connectivity index (χ4n) is 2.76. The SMILES string of the molecule is O=C1NC[C@H](C(=O)NCCc2nnc3n2CCCCC3)N1. The molecule has 114 valence electrons. The first-order valence-corrected chi connectivity index (χ1v) is 7.47. The van der Waals surface area contributed by atoms with E-state index in [9.17, 15) is 9.59 Å². The van der Waals surface area contributed by atoms with Crippen LogP contribution in [0, 0.1) is 0 Å². The summed E-state index contributed by atoms with van der Waals surface area (Å²) >= 11 is 0. The van der Waals surface area contributed by atoms with Crippen LogP contribution in [0.3, 0.4) is 0 Å². The number of aromatic nitrogens is 3. The highest BCUT2D eigenvalue weighted by Gasteiger charge is 2.26. The molecule has 1 aromatic heterocycles. The van der Waals surface area contributed by atoms with Crippen LogP contribution in [-0.4, -0.2) is 45.8 Å². The highest BCUT2D eigenvalue weighted by Crippen LogP contribution is 2.14. The van der Waals surface area contributed by atoms with Gasteiger partial charge in [0.2, 0.25) is 5.91 Å². The van der Waals surface area contributed by atoms with E-state index in [0.29, 0.717) is 19.5 Å². The van der Waals surface area contributed by atoms with Crippen molar-refractivity contribution < 1.29 is 9.59 Å². The second-order valence-electron chi connectivity index (χ2n) is 5.44. The average Bonchev–Trinajstić information content (AvgIpc) is 2.99. The van der Waals surface area contributed by atoms with Crippen LogP contribution in [0.25, 0.3) is 0 Å². The smallest absolute Gasteiger partial charge is 0.315 e. The van der Waals surface area contributed by atoms with Crippen LogP contribution in [0.1, 0.15) is 30.9 Å². The van der Waals surface area contributed by atoms with Crippen LogP contribution in [0.5, 0.6) is 0 Å². The lowest BCUT2D eigenvalue weighted by Crippen LogP contribution is -2.43. The minimum atomic E-state index is -0.479. The molecular formula is C13H20N6O2. The average molecular weight is 292 g/mol. The van der Waals surface area contributed by atoms with Gasteiger partial charge in [0.05, 0.1) is 0 Å². The summed E-state index contributed by atoms with van der Waals surface area (Å²) in [6.45, 7) is 1.81. The molecule has 8 nitrogen and oxygen atoms in total. The van der Waals surface area contributed by atoms with E-state index in [-0.39, 0.29) is 11.9 Å². The standard InChI is InChI=1S/C13H20N6O2/c20-12(9-8-15-13(21)16-9)14-6-5-11-18-17-10-4-2-1-3-7-19(10)11/h9H,1-8H2,(H,14,20)(H2,15,16,21)/t9-/m1/s1. The van der Waals surface area contributed by atoms with E-state index in [1.54, 1.807) is 0 Å². The first-order chi connectivity index (χ1) is 10.2. The summed E-state index contributed by atoms with van der Waals surface area (Å²) in [4.78, 5) is 22.8. The molecule has 0 aromatic carbocycles. The third kappa shape index (κ3) is 3.14. The lowest BCUT2D eigenvalue weighted by molar-refractivity contribution is -0.122. The number of amides is 3. The van der Waals surface area contributed by atoms with Crippen LogP contribution in [0.4, 0.5) is 4.79 Å². The minimum absolute atomic E-state index is 0.163. The number of fused-ring (bicyclic) bond motifs is 1. The fraction of sp³-hybridized carbons (Fsp3) is 0.692. The van der Waals surface area contributed by atoms with Crippen molar-refractivity contribution in [3.63, 3.8) is 0 Å². The summed E-state index contributed by atoms with van der Waals surface area (Å²) in [7, 11) is 0. The van der Waals surface area contributed by atoms with Gasteiger partial charge < -0.3 is 20.5 Å². The van der Waals surface area contributed by atoms with Crippen LogP contribution >= 0.6 is 0 Å². The lowest BCUT2D eigenvalue weighted by atomic mass is 10.2. The molecule has 3 heterocycles. The number of carbonyl (C=O) groups is 2. The van der Waals surface area contributed by atoms with Gasteiger partial charge >= 0.3 is 6.03 Å². The summed E-state index contributed by atoms with van der Waals surface area (Å²) in [5.74, 6) is 1.82. The van der Waals surface area contributed by atoms with Crippen molar-refractivity contribution in [2.45, 2.75) is 44.7 Å². The Balaban J connectivity index is 1.50. The van der Waals surface area contributed by atoms with Crippen molar-refractivity contribution in [2.75, 3.05) is 13.1 Å². The van der Waals surface area contributed by atoms with Crippen molar-refractivity contribution in [2.24, 2.45) is 0 Å². The zero-order valence-corrected chi connectivity index (χ0v) is 11.9. The molecule has 2 aliphatic rings. The summed E-state index contributed by atoms with van der Waals surface area (Å²) in [5, 5.41) is 16.4. The summed E-state index contributed by atoms with van der Waals surface area (Å²) < 4.78 is 2.18. The molecule has 0 aliphatic carbocycles. The van der Waals surface area contributed by atoms with E-state index in [1.165, 1.54) is 12.8 Å². The maximum Gasteiger partial charge on any atom is 0.315 e. The molecule has 0 spiro atoms. The van der Waals surface area contributed by atoms with E-state index >= 15 is 0 Å². The molecular weight excluding hydrogens is 272 g/mol. The van der Waals surface area contributed by atoms with Crippen LogP contribution < -0.4 is 16.0 Å². The van der Waals surface area contributed by atoms with Gasteiger partial charge in [0.25, 0.3) is 0 Å². The molecule has 21 heavy (non-hydrogen) atoms. The summed E-state index contributed by atoms with van der Waals surface area (Å²) in [6.07, 6.45) is 5.20. The Morgan fingerprint density at radius 3 is 3.05 bits per heavy atom. The molecule has 0 saturated carbocycles. The van der Waals surface area contributed by atoms with Gasteiger partial charge in [0.1, 0.15) is 17.7 Å². The number of nitrogens with one attached hydrogen (secondary N) is 3. The summed E-state index contributed by atoms with van der Waals surface area (Å²) in [5.41, 5.74) is 0. The first kappa shape index (κ1) is 13.8. The number of hydrogen-bond donors (Lipinski definition) is 3. The third-order valence-electron chi connectivity index (χ3n) is 3.92. The minimum Gasteiger partial charge on any atom is -0.354 e. The van der Waals surface area contributed by atoms with Crippen molar-refractivity contribution in [1.82, 2.24) is 30.7 Å². The van der Waals surface area contributed by atoms with Crippen LogP contribution in [0.15, 0.2) is 0 Å². The Bertz CT molecular complexity index is 541. The van der Waals surface area contributed by atoms with Crippen LogP contribution in [0.2, 0.25) is 0 Å². The molecule has 3 N–H and O–H groups in total. The first-order valence-electron chi connectivity index (χ1n) is 7.47. The lowest BCUT2D eigenvalue weighted by Gasteiger charge is -2.10. The molecule has 0 bridgehead atoms. The molecule has 1 fully saturated rings. The van der Waals surface area contributed by atoms with Gasteiger partial charge in [-0.05, 0) is 12.8 Å². The second-order valence-corrected chi connectivity index (χ2v) is 5.44. The molecule has 3 amide bonds. The second kappa shape index (κ2) is 6.11. The van der Waals surface area contributed by atoms with E-state index in [1.807, 2.05) is 0 Å². The molecule has 0 unspecified atom stereocenters. The quantitative estimate of drug-likeness (QED) is 0.686. The topological polar surface area (TPSA) is 101 Å². The Morgan fingerprint density at radius 2 is 2.24 bits per heavy atom. The molecule has 2 aliphatic heterocycles. The molecule has 1 aromatic rings. The Labute approximate surface area is 122 Å². The van der Waals surface area contributed by atoms with Gasteiger partial charge in [-0.1, -0.05) is 6.42 Å². The van der Waals surface area contributed by atoms with Crippen LogP contribution in [-0.2, 0) is 24.2 Å². The van der Waals surface area contributed by atoms with Gasteiger partial charge in [0, 0.05) is 32.5 Å². The normalized spacial score (nSPS) is 21.1. The Morgan fingerprint density at radius 1 is 1.33 bits per heavy atom. The number of carbonyl (C=O) groups excluding carboxylic acids is 2. The number of aryl methyl sites for hydroxylation is 1. The highest BCUT2D eigenvalue weighted by molar-refractivity contribution is 5.90. The van der Waals surface area contributed by atoms with E-state index in [4.69, 9.17) is 0 Å². The number of rotatable bonds is 4. The molecule has 0 radical (unpaired) electrons. The Kier molecular flexibility index (Phi) is 4.03. The predicted octanol–water partition coefficient (Wildman–Crippen LogP) is -0.655. The molecule has 1 saturated heterocycles. The third-order valence-corrected chi connectivity index (χ3v) is 3.92. The fourth-order valence-corrected chi connectivity index (χ4v) is 2.76. The van der Waals surface area contributed by atoms with Gasteiger partial charge in [-0.2, -0.15) is 0 Å². The number of urea groups is 1. The number of hydrogen-bond acceptors (Lipinski definition) is 4. The van der Waals surface area contributed by atoms with E-state index < -0.39 is 6.04 Å². The zero-order valence-electron chi connectivity index (χ0n) is 11.9. The van der Waals surface area contributed by atoms with Crippen molar-refractivity contribution in [3.8, 4) is 0 Å². The van der Waals surface area contributed by atoms with Gasteiger partial charge in [0.15, 0.2) is 0 Å². The van der Waals surface area contributed by atoms with Crippen molar-refractivity contribution in [3.05, 3.63) is 11.6 Å². The Hall–Kier alpha value is -2.12. The molecule has 3 rings (SSSR count). The van der Waals surface area contributed by atoms with E-state index in [2.05, 4.69) is 30.7 Å². The van der Waals surface area contributed by atoms with E-state index in [0.717, 1.165) is 31.0 Å². The van der Waals surface area contributed by atoms with Crippen molar-refractivity contribution >= 4 is 11.9 Å². The zero-order chi connectivity index (χ0) is 14.7. The number of nitrogens with zero attached hydrogens (tertiary/aromatic N) is 3. The summed E-state index contributed by atoms with van der Waals surface area (Å²) in [6, 6.07) is -0.772. The highest BCUT2D eigenvalue weighted by atomic mass is 16.2. The van der Waals surface area contributed by atoms with Crippen molar-refractivity contribution in [1.29, 1.82) is 0 Å². The predicted molar refractivity (Wildman–Crippen MR) is 74.6 cm³/mol. The molecule has 1 atom stereocenters. The van der Waals surface area contributed by atoms with Gasteiger partial charge in [-0.25, -0.2) is 4.79 Å². The van der Waals surface area contributed by atoms with Gasteiger partial charge in [-0.3, -0.25) is 4.79 Å². The maximum atomic E-state index is 11.9. The molecule has 8 heteroatoms.